The van der Waals surface area contributed by atoms with Gasteiger partial charge in [-0.1, -0.05) is 12.1 Å². The van der Waals surface area contributed by atoms with Crippen LogP contribution in [-0.4, -0.2) is 23.4 Å². The summed E-state index contributed by atoms with van der Waals surface area (Å²) < 4.78 is 0. The molecule has 0 aliphatic carbocycles. The van der Waals surface area contributed by atoms with Crippen molar-refractivity contribution in [1.29, 1.82) is 10.5 Å². The average Bonchev–Trinajstić information content (AvgIpc) is 2.39. The van der Waals surface area contributed by atoms with Crippen LogP contribution in [0.4, 0.5) is 0 Å². The first kappa shape index (κ1) is 14.7. The van der Waals surface area contributed by atoms with Crippen LogP contribution in [0, 0.1) is 22.7 Å². The number of rotatable bonds is 5. The molecule has 0 saturated heterocycles. The lowest BCUT2D eigenvalue weighted by Gasteiger charge is -2.25. The SMILES string of the molecule is CC(C)N(CCC#N)C(=O)Cc1ccc(C#N)cc1. The van der Waals surface area contributed by atoms with Crippen molar-refractivity contribution >= 4 is 5.91 Å². The smallest absolute Gasteiger partial charge is 0.227 e. The molecular weight excluding hydrogens is 238 g/mol. The fourth-order valence-corrected chi connectivity index (χ4v) is 1.81. The number of carbonyl (C=O) groups excluding carboxylic acids is 1. The van der Waals surface area contributed by atoms with E-state index < -0.39 is 0 Å². The topological polar surface area (TPSA) is 67.9 Å². The summed E-state index contributed by atoms with van der Waals surface area (Å²) in [5.74, 6) is 0.00922. The molecule has 0 N–H and O–H groups in total. The van der Waals surface area contributed by atoms with E-state index in [-0.39, 0.29) is 11.9 Å². The van der Waals surface area contributed by atoms with Crippen molar-refractivity contribution in [2.75, 3.05) is 6.54 Å². The lowest BCUT2D eigenvalue weighted by Crippen LogP contribution is -2.38. The van der Waals surface area contributed by atoms with Gasteiger partial charge in [0, 0.05) is 12.6 Å². The molecule has 0 unspecified atom stereocenters. The summed E-state index contributed by atoms with van der Waals surface area (Å²) in [6, 6.07) is 11.2. The zero-order chi connectivity index (χ0) is 14.3. The highest BCUT2D eigenvalue weighted by Gasteiger charge is 2.16. The third-order valence-electron chi connectivity index (χ3n) is 2.85. The molecule has 0 heterocycles. The second-order valence-corrected chi connectivity index (χ2v) is 4.57. The van der Waals surface area contributed by atoms with Crippen LogP contribution in [0.5, 0.6) is 0 Å². The second kappa shape index (κ2) is 7.18. The monoisotopic (exact) mass is 255 g/mol. The van der Waals surface area contributed by atoms with Gasteiger partial charge in [-0.3, -0.25) is 4.79 Å². The fourth-order valence-electron chi connectivity index (χ4n) is 1.81. The summed E-state index contributed by atoms with van der Waals surface area (Å²) in [6.07, 6.45) is 0.645. The first-order valence-corrected chi connectivity index (χ1v) is 6.24. The third-order valence-corrected chi connectivity index (χ3v) is 2.85. The highest BCUT2D eigenvalue weighted by atomic mass is 16.2. The highest BCUT2D eigenvalue weighted by molar-refractivity contribution is 5.79. The minimum absolute atomic E-state index is 0.00922. The molecule has 0 aliphatic rings. The van der Waals surface area contributed by atoms with E-state index in [1.165, 1.54) is 0 Å². The number of hydrogen-bond donors (Lipinski definition) is 0. The average molecular weight is 255 g/mol. The minimum atomic E-state index is 0.00922. The molecule has 0 atom stereocenters. The largest absolute Gasteiger partial charge is 0.339 e. The van der Waals surface area contributed by atoms with Gasteiger partial charge < -0.3 is 4.90 Å². The summed E-state index contributed by atoms with van der Waals surface area (Å²) >= 11 is 0. The van der Waals surface area contributed by atoms with E-state index in [4.69, 9.17) is 10.5 Å². The van der Waals surface area contributed by atoms with E-state index in [0.29, 0.717) is 24.9 Å². The van der Waals surface area contributed by atoms with E-state index in [0.717, 1.165) is 5.56 Å². The predicted octanol–water partition coefficient (Wildman–Crippen LogP) is 2.25. The molecule has 0 spiro atoms. The Kier molecular flexibility index (Phi) is 5.57. The molecule has 4 heteroatoms. The van der Waals surface area contributed by atoms with Crippen molar-refractivity contribution < 1.29 is 4.79 Å². The van der Waals surface area contributed by atoms with Crippen LogP contribution in [0.3, 0.4) is 0 Å². The first-order valence-electron chi connectivity index (χ1n) is 6.24. The van der Waals surface area contributed by atoms with E-state index in [1.54, 1.807) is 29.2 Å². The van der Waals surface area contributed by atoms with Crippen LogP contribution in [0.25, 0.3) is 0 Å². The minimum Gasteiger partial charge on any atom is -0.339 e. The van der Waals surface area contributed by atoms with Gasteiger partial charge >= 0.3 is 0 Å². The van der Waals surface area contributed by atoms with Gasteiger partial charge in [0.2, 0.25) is 5.91 Å². The molecular formula is C15H17N3O. The van der Waals surface area contributed by atoms with E-state index in [1.807, 2.05) is 19.9 Å². The Hall–Kier alpha value is -2.33. The lowest BCUT2D eigenvalue weighted by atomic mass is 10.1. The van der Waals surface area contributed by atoms with Gasteiger partial charge in [0.05, 0.1) is 30.5 Å². The van der Waals surface area contributed by atoms with Crippen LogP contribution in [0.2, 0.25) is 0 Å². The van der Waals surface area contributed by atoms with Crippen LogP contribution < -0.4 is 0 Å². The quantitative estimate of drug-likeness (QED) is 0.810. The molecule has 1 amide bonds. The molecule has 0 aromatic heterocycles. The van der Waals surface area contributed by atoms with Crippen LogP contribution >= 0.6 is 0 Å². The summed E-state index contributed by atoms with van der Waals surface area (Å²) in [4.78, 5) is 13.9. The van der Waals surface area contributed by atoms with Gasteiger partial charge in [-0.05, 0) is 31.5 Å². The molecule has 98 valence electrons. The lowest BCUT2D eigenvalue weighted by molar-refractivity contribution is -0.132. The van der Waals surface area contributed by atoms with Crippen molar-refractivity contribution in [3.05, 3.63) is 35.4 Å². The Morgan fingerprint density at radius 1 is 1.26 bits per heavy atom. The van der Waals surface area contributed by atoms with Crippen molar-refractivity contribution in [2.45, 2.75) is 32.7 Å². The summed E-state index contributed by atoms with van der Waals surface area (Å²) in [5.41, 5.74) is 1.47. The first-order chi connectivity index (χ1) is 9.08. The zero-order valence-corrected chi connectivity index (χ0v) is 11.3. The number of carbonyl (C=O) groups is 1. The zero-order valence-electron chi connectivity index (χ0n) is 11.3. The summed E-state index contributed by atoms with van der Waals surface area (Å²) in [6.45, 7) is 4.34. The van der Waals surface area contributed by atoms with Crippen molar-refractivity contribution in [1.82, 2.24) is 4.90 Å². The fraction of sp³-hybridized carbons (Fsp3) is 0.400. The van der Waals surface area contributed by atoms with Gasteiger partial charge in [-0.25, -0.2) is 0 Å². The molecule has 0 fully saturated rings. The maximum Gasteiger partial charge on any atom is 0.227 e. The molecule has 0 saturated carbocycles. The summed E-state index contributed by atoms with van der Waals surface area (Å²) in [5, 5.41) is 17.3. The van der Waals surface area contributed by atoms with Crippen molar-refractivity contribution in [2.24, 2.45) is 0 Å². The standard InChI is InChI=1S/C15H17N3O/c1-12(2)18(9-3-8-16)15(19)10-13-4-6-14(11-17)7-5-13/h4-7,12H,3,9-10H2,1-2H3. The Morgan fingerprint density at radius 2 is 1.89 bits per heavy atom. The molecule has 19 heavy (non-hydrogen) atoms. The number of nitriles is 2. The highest BCUT2D eigenvalue weighted by Crippen LogP contribution is 2.08. The molecule has 1 aromatic rings. The Bertz CT molecular complexity index is 506. The van der Waals surface area contributed by atoms with Gasteiger partial charge in [-0.2, -0.15) is 10.5 Å². The predicted molar refractivity (Wildman–Crippen MR) is 71.9 cm³/mol. The Balaban J connectivity index is 2.70. The molecule has 0 radical (unpaired) electrons. The van der Waals surface area contributed by atoms with Crippen LogP contribution in [0.15, 0.2) is 24.3 Å². The third kappa shape index (κ3) is 4.44. The molecule has 0 aliphatic heterocycles. The van der Waals surface area contributed by atoms with E-state index >= 15 is 0 Å². The number of benzene rings is 1. The molecule has 1 aromatic carbocycles. The second-order valence-electron chi connectivity index (χ2n) is 4.57. The van der Waals surface area contributed by atoms with Gasteiger partial charge in [0.1, 0.15) is 0 Å². The van der Waals surface area contributed by atoms with E-state index in [9.17, 15) is 4.79 Å². The van der Waals surface area contributed by atoms with E-state index in [2.05, 4.69) is 6.07 Å². The van der Waals surface area contributed by atoms with Gasteiger partial charge in [0.15, 0.2) is 0 Å². The van der Waals surface area contributed by atoms with Crippen LogP contribution in [0.1, 0.15) is 31.4 Å². The number of nitrogens with zero attached hydrogens (tertiary/aromatic N) is 3. The molecule has 4 nitrogen and oxygen atoms in total. The maximum absolute atomic E-state index is 12.2. The van der Waals surface area contributed by atoms with Crippen molar-refractivity contribution in [3.63, 3.8) is 0 Å². The van der Waals surface area contributed by atoms with Gasteiger partial charge in [0.25, 0.3) is 0 Å². The number of amides is 1. The maximum atomic E-state index is 12.2. The van der Waals surface area contributed by atoms with Crippen molar-refractivity contribution in [3.8, 4) is 12.1 Å². The summed E-state index contributed by atoms with van der Waals surface area (Å²) in [7, 11) is 0. The van der Waals surface area contributed by atoms with Crippen LogP contribution in [-0.2, 0) is 11.2 Å². The van der Waals surface area contributed by atoms with Gasteiger partial charge in [-0.15, -0.1) is 0 Å². The molecule has 1 rings (SSSR count). The normalized spacial score (nSPS) is 9.74. The Morgan fingerprint density at radius 3 is 2.37 bits per heavy atom. The Labute approximate surface area is 113 Å². The molecule has 0 bridgehead atoms. The number of hydrogen-bond acceptors (Lipinski definition) is 3.